The van der Waals surface area contributed by atoms with Gasteiger partial charge in [-0.2, -0.15) is 0 Å². The zero-order valence-electron chi connectivity index (χ0n) is 13.7. The minimum absolute atomic E-state index is 0. The molecule has 0 bridgehead atoms. The van der Waals surface area contributed by atoms with Gasteiger partial charge in [0.05, 0.1) is 5.56 Å². The maximum Gasteiger partial charge on any atom is 0.255 e. The first-order valence-electron chi connectivity index (χ1n) is 7.52. The van der Waals surface area contributed by atoms with Gasteiger partial charge < -0.3 is 15.4 Å². The van der Waals surface area contributed by atoms with Crippen LogP contribution in [-0.2, 0) is 6.61 Å². The molecule has 0 radical (unpaired) electrons. The van der Waals surface area contributed by atoms with Crippen LogP contribution < -0.4 is 15.4 Å². The Hall–Kier alpha value is -1.56. The van der Waals surface area contributed by atoms with E-state index in [0.29, 0.717) is 24.5 Å². The van der Waals surface area contributed by atoms with Crippen LogP contribution in [0.15, 0.2) is 53.0 Å². The summed E-state index contributed by atoms with van der Waals surface area (Å²) in [6.07, 6.45) is 0. The molecule has 2 N–H and O–H groups in total. The maximum absolute atomic E-state index is 12.3. The van der Waals surface area contributed by atoms with E-state index >= 15 is 0 Å². The van der Waals surface area contributed by atoms with Crippen molar-refractivity contribution < 1.29 is 9.53 Å². The summed E-state index contributed by atoms with van der Waals surface area (Å²) in [6, 6.07) is 15.4. The molecule has 130 valence electrons. The predicted octanol–water partition coefficient (Wildman–Crippen LogP) is 3.79. The molecule has 0 saturated heterocycles. The monoisotopic (exact) mass is 412 g/mol. The van der Waals surface area contributed by atoms with Gasteiger partial charge in [0.1, 0.15) is 12.4 Å². The second kappa shape index (κ2) is 10.3. The fourth-order valence-electron chi connectivity index (χ4n) is 1.99. The van der Waals surface area contributed by atoms with Crippen LogP contribution in [0.3, 0.4) is 0 Å². The van der Waals surface area contributed by atoms with Crippen LogP contribution >= 0.6 is 28.3 Å². The molecule has 0 aromatic heterocycles. The SMILES string of the molecule is CNC(C)CNC(=O)c1ccccc1OCc1ccccc1Br.Cl. The van der Waals surface area contributed by atoms with Crippen molar-refractivity contribution in [2.75, 3.05) is 13.6 Å². The first-order valence-corrected chi connectivity index (χ1v) is 8.31. The fraction of sp³-hybridized carbons (Fsp3) is 0.278. The standard InChI is InChI=1S/C18H21BrN2O2.ClH/c1-13(20-2)11-21-18(22)15-8-4-6-10-17(15)23-12-14-7-3-5-9-16(14)19;/h3-10,13,20H,11-12H2,1-2H3,(H,21,22);1H. The number of ether oxygens (including phenoxy) is 1. The number of benzene rings is 2. The number of rotatable bonds is 7. The van der Waals surface area contributed by atoms with Crippen LogP contribution in [0.25, 0.3) is 0 Å². The van der Waals surface area contributed by atoms with Crippen LogP contribution in [0, 0.1) is 0 Å². The Balaban J connectivity index is 0.00000288. The molecule has 1 amide bonds. The third kappa shape index (κ3) is 5.82. The minimum Gasteiger partial charge on any atom is -0.488 e. The molecular formula is C18H22BrClN2O2. The fourth-order valence-corrected chi connectivity index (χ4v) is 2.39. The van der Waals surface area contributed by atoms with Crippen molar-refractivity contribution >= 4 is 34.2 Å². The minimum atomic E-state index is -0.130. The van der Waals surface area contributed by atoms with Crippen LogP contribution in [0.5, 0.6) is 5.75 Å². The first-order chi connectivity index (χ1) is 11.1. The van der Waals surface area contributed by atoms with Crippen LogP contribution in [0.2, 0.25) is 0 Å². The number of carbonyl (C=O) groups is 1. The van der Waals surface area contributed by atoms with E-state index in [9.17, 15) is 4.79 Å². The van der Waals surface area contributed by atoms with Crippen molar-refractivity contribution in [3.63, 3.8) is 0 Å². The van der Waals surface area contributed by atoms with E-state index < -0.39 is 0 Å². The molecule has 0 saturated carbocycles. The van der Waals surface area contributed by atoms with Crippen LogP contribution in [0.4, 0.5) is 0 Å². The highest BCUT2D eigenvalue weighted by atomic mass is 79.9. The molecule has 0 aliphatic heterocycles. The van der Waals surface area contributed by atoms with E-state index in [0.717, 1.165) is 10.0 Å². The molecular weight excluding hydrogens is 392 g/mol. The highest BCUT2D eigenvalue weighted by molar-refractivity contribution is 9.10. The molecule has 0 aliphatic rings. The Bertz CT molecular complexity index is 667. The third-order valence-corrected chi connectivity index (χ3v) is 4.31. The molecule has 6 heteroatoms. The average Bonchev–Trinajstić information content (AvgIpc) is 2.59. The van der Waals surface area contributed by atoms with Gasteiger partial charge in [0.15, 0.2) is 0 Å². The molecule has 2 aromatic carbocycles. The number of halogens is 2. The number of hydrogen-bond acceptors (Lipinski definition) is 3. The Morgan fingerprint density at radius 3 is 2.54 bits per heavy atom. The van der Waals surface area contributed by atoms with Crippen molar-refractivity contribution in [3.8, 4) is 5.75 Å². The van der Waals surface area contributed by atoms with Gasteiger partial charge >= 0.3 is 0 Å². The molecule has 2 aromatic rings. The largest absolute Gasteiger partial charge is 0.488 e. The van der Waals surface area contributed by atoms with Gasteiger partial charge in [0, 0.05) is 22.6 Å². The Kier molecular flexibility index (Phi) is 8.82. The Morgan fingerprint density at radius 1 is 1.17 bits per heavy atom. The summed E-state index contributed by atoms with van der Waals surface area (Å²) in [7, 11) is 1.87. The number of nitrogens with one attached hydrogen (secondary N) is 2. The molecule has 1 unspecified atom stereocenters. The lowest BCUT2D eigenvalue weighted by Crippen LogP contribution is -2.37. The summed E-state index contributed by atoms with van der Waals surface area (Å²) in [6.45, 7) is 2.97. The summed E-state index contributed by atoms with van der Waals surface area (Å²) in [5.41, 5.74) is 1.58. The van der Waals surface area contributed by atoms with Crippen molar-refractivity contribution in [2.24, 2.45) is 0 Å². The van der Waals surface area contributed by atoms with E-state index in [-0.39, 0.29) is 24.4 Å². The van der Waals surface area contributed by atoms with Gasteiger partial charge in [-0.3, -0.25) is 4.79 Å². The second-order valence-electron chi connectivity index (χ2n) is 5.28. The van der Waals surface area contributed by atoms with E-state index in [1.165, 1.54) is 0 Å². The third-order valence-electron chi connectivity index (χ3n) is 3.53. The molecule has 1 atom stereocenters. The highest BCUT2D eigenvalue weighted by Crippen LogP contribution is 2.22. The summed E-state index contributed by atoms with van der Waals surface area (Å²) in [4.78, 5) is 12.3. The Morgan fingerprint density at radius 2 is 1.83 bits per heavy atom. The van der Waals surface area contributed by atoms with E-state index in [4.69, 9.17) is 4.74 Å². The summed E-state index contributed by atoms with van der Waals surface area (Å²) in [5.74, 6) is 0.452. The lowest BCUT2D eigenvalue weighted by molar-refractivity contribution is 0.0946. The van der Waals surface area contributed by atoms with E-state index in [2.05, 4.69) is 26.6 Å². The van der Waals surface area contributed by atoms with Crippen molar-refractivity contribution in [3.05, 3.63) is 64.1 Å². The van der Waals surface area contributed by atoms with Crippen molar-refractivity contribution in [2.45, 2.75) is 19.6 Å². The summed E-state index contributed by atoms with van der Waals surface area (Å²) in [5, 5.41) is 6.00. The van der Waals surface area contributed by atoms with Crippen LogP contribution in [0.1, 0.15) is 22.8 Å². The Labute approximate surface area is 157 Å². The van der Waals surface area contributed by atoms with Gasteiger partial charge in [-0.15, -0.1) is 12.4 Å². The predicted molar refractivity (Wildman–Crippen MR) is 103 cm³/mol. The number of para-hydroxylation sites is 1. The lowest BCUT2D eigenvalue weighted by Gasteiger charge is -2.14. The number of likely N-dealkylation sites (N-methyl/N-ethyl adjacent to an activating group) is 1. The molecule has 0 spiro atoms. The number of hydrogen-bond donors (Lipinski definition) is 2. The summed E-state index contributed by atoms with van der Waals surface area (Å²) >= 11 is 3.50. The molecule has 0 heterocycles. The van der Waals surface area contributed by atoms with E-state index in [1.54, 1.807) is 6.07 Å². The quantitative estimate of drug-likeness (QED) is 0.726. The molecule has 0 fully saturated rings. The summed E-state index contributed by atoms with van der Waals surface area (Å²) < 4.78 is 6.84. The van der Waals surface area contributed by atoms with Gasteiger partial charge in [0.2, 0.25) is 0 Å². The van der Waals surface area contributed by atoms with Crippen LogP contribution in [-0.4, -0.2) is 25.5 Å². The van der Waals surface area contributed by atoms with Gasteiger partial charge in [0.25, 0.3) is 5.91 Å². The van der Waals surface area contributed by atoms with Crippen molar-refractivity contribution in [1.29, 1.82) is 0 Å². The average molecular weight is 414 g/mol. The zero-order valence-corrected chi connectivity index (χ0v) is 16.1. The lowest BCUT2D eigenvalue weighted by atomic mass is 10.1. The zero-order chi connectivity index (χ0) is 16.7. The number of carbonyl (C=O) groups excluding carboxylic acids is 1. The number of amides is 1. The molecule has 4 nitrogen and oxygen atoms in total. The van der Waals surface area contributed by atoms with Gasteiger partial charge in [-0.1, -0.05) is 46.3 Å². The topological polar surface area (TPSA) is 50.4 Å². The smallest absolute Gasteiger partial charge is 0.255 e. The first kappa shape index (κ1) is 20.5. The highest BCUT2D eigenvalue weighted by Gasteiger charge is 2.13. The normalized spacial score (nSPS) is 11.3. The second-order valence-corrected chi connectivity index (χ2v) is 6.13. The van der Waals surface area contributed by atoms with Crippen molar-refractivity contribution in [1.82, 2.24) is 10.6 Å². The molecule has 24 heavy (non-hydrogen) atoms. The maximum atomic E-state index is 12.3. The van der Waals surface area contributed by atoms with E-state index in [1.807, 2.05) is 56.4 Å². The van der Waals surface area contributed by atoms with Gasteiger partial charge in [-0.25, -0.2) is 0 Å². The van der Waals surface area contributed by atoms with Gasteiger partial charge in [-0.05, 0) is 32.2 Å². The molecule has 2 rings (SSSR count). The molecule has 0 aliphatic carbocycles.